The van der Waals surface area contributed by atoms with Crippen molar-refractivity contribution in [2.24, 2.45) is 0 Å². The summed E-state index contributed by atoms with van der Waals surface area (Å²) in [5.41, 5.74) is 2.03. The molecule has 7 nitrogen and oxygen atoms in total. The highest BCUT2D eigenvalue weighted by atomic mass is 16.5. The molecule has 138 valence electrons. The molecule has 1 aliphatic heterocycles. The van der Waals surface area contributed by atoms with E-state index in [2.05, 4.69) is 5.10 Å². The zero-order valence-corrected chi connectivity index (χ0v) is 14.7. The number of aryl methyl sites for hydroxylation is 1. The minimum atomic E-state index is -0.652. The number of anilines is 1. The van der Waals surface area contributed by atoms with Gasteiger partial charge in [-0.15, -0.1) is 0 Å². The molecule has 0 atom stereocenters. The van der Waals surface area contributed by atoms with Gasteiger partial charge in [-0.2, -0.15) is 5.10 Å². The summed E-state index contributed by atoms with van der Waals surface area (Å²) in [6.07, 6.45) is 5.31. The molecular formula is C20H19N3O4. The maximum absolute atomic E-state index is 12.5. The molecule has 0 saturated carbocycles. The lowest BCUT2D eigenvalue weighted by Gasteiger charge is -2.29. The largest absolute Gasteiger partial charge is 0.452 e. The van der Waals surface area contributed by atoms with Crippen LogP contribution in [0, 0.1) is 0 Å². The number of carbonyl (C=O) groups excluding carboxylic acids is 2. The fourth-order valence-electron chi connectivity index (χ4n) is 3.20. The normalized spacial score (nSPS) is 13.3. The molecular weight excluding hydrogens is 346 g/mol. The van der Waals surface area contributed by atoms with Crippen LogP contribution in [0.4, 0.5) is 5.69 Å². The van der Waals surface area contributed by atoms with Crippen LogP contribution >= 0.6 is 0 Å². The summed E-state index contributed by atoms with van der Waals surface area (Å²) in [5.74, 6) is -0.231. The van der Waals surface area contributed by atoms with Crippen LogP contribution in [-0.4, -0.2) is 34.8 Å². The molecule has 1 amide bonds. The number of esters is 1. The topological polar surface area (TPSA) is 77.6 Å². The summed E-state index contributed by atoms with van der Waals surface area (Å²) in [6, 6.07) is 12.9. The number of rotatable bonds is 5. The molecule has 0 unspecified atom stereocenters. The van der Waals surface area contributed by atoms with Crippen molar-refractivity contribution < 1.29 is 18.7 Å². The summed E-state index contributed by atoms with van der Waals surface area (Å²) < 4.78 is 12.3. The van der Waals surface area contributed by atoms with Gasteiger partial charge in [-0.25, -0.2) is 4.79 Å². The Morgan fingerprint density at radius 3 is 2.89 bits per heavy atom. The highest BCUT2D eigenvalue weighted by Gasteiger charge is 2.23. The van der Waals surface area contributed by atoms with Gasteiger partial charge in [0.15, 0.2) is 6.61 Å². The van der Waals surface area contributed by atoms with E-state index in [9.17, 15) is 9.59 Å². The average Bonchev–Trinajstić information content (AvgIpc) is 3.38. The van der Waals surface area contributed by atoms with Gasteiger partial charge in [0, 0.05) is 24.6 Å². The van der Waals surface area contributed by atoms with E-state index in [4.69, 9.17) is 9.15 Å². The van der Waals surface area contributed by atoms with Crippen LogP contribution in [-0.2, 0) is 22.5 Å². The van der Waals surface area contributed by atoms with Crippen molar-refractivity contribution >= 4 is 17.6 Å². The molecule has 0 N–H and O–H groups in total. The first kappa shape index (κ1) is 17.1. The molecule has 1 aromatic carbocycles. The number of ether oxygens (including phenoxy) is 1. The number of hydrogen-bond donors (Lipinski definition) is 0. The summed E-state index contributed by atoms with van der Waals surface area (Å²) in [7, 11) is 0. The number of fused-ring (bicyclic) bond motifs is 1. The van der Waals surface area contributed by atoms with E-state index in [1.807, 2.05) is 30.3 Å². The lowest BCUT2D eigenvalue weighted by atomic mass is 10.0. The Kier molecular flexibility index (Phi) is 4.74. The van der Waals surface area contributed by atoms with Gasteiger partial charge < -0.3 is 14.1 Å². The van der Waals surface area contributed by atoms with Crippen LogP contribution in [0.2, 0.25) is 0 Å². The average molecular weight is 365 g/mol. The number of furan rings is 1. The molecule has 4 rings (SSSR count). The molecule has 7 heteroatoms. The molecule has 2 aromatic heterocycles. The number of carbonyl (C=O) groups is 2. The Morgan fingerprint density at radius 2 is 2.04 bits per heavy atom. The van der Waals surface area contributed by atoms with E-state index >= 15 is 0 Å². The first-order chi connectivity index (χ1) is 13.2. The van der Waals surface area contributed by atoms with Crippen molar-refractivity contribution in [3.05, 3.63) is 71.9 Å². The lowest BCUT2D eigenvalue weighted by molar-refractivity contribution is -0.121. The molecule has 3 heterocycles. The molecule has 0 aliphatic carbocycles. The van der Waals surface area contributed by atoms with Crippen molar-refractivity contribution in [3.63, 3.8) is 0 Å². The summed E-state index contributed by atoms with van der Waals surface area (Å²) in [5, 5.41) is 4.09. The first-order valence-corrected chi connectivity index (χ1v) is 8.82. The Hall–Kier alpha value is -3.35. The van der Waals surface area contributed by atoms with Crippen molar-refractivity contribution in [2.75, 3.05) is 18.1 Å². The van der Waals surface area contributed by atoms with E-state index in [1.165, 1.54) is 0 Å². The number of amides is 1. The Balaban J connectivity index is 1.36. The second-order valence-corrected chi connectivity index (χ2v) is 6.32. The minimum absolute atomic E-state index is 0.0731. The smallest absolute Gasteiger partial charge is 0.374 e. The zero-order valence-electron chi connectivity index (χ0n) is 14.7. The monoisotopic (exact) mass is 365 g/mol. The minimum Gasteiger partial charge on any atom is -0.452 e. The van der Waals surface area contributed by atoms with Crippen molar-refractivity contribution in [1.29, 1.82) is 0 Å². The third kappa shape index (κ3) is 3.76. The zero-order chi connectivity index (χ0) is 18.6. The fourth-order valence-corrected chi connectivity index (χ4v) is 3.20. The van der Waals surface area contributed by atoms with E-state index in [1.54, 1.807) is 34.1 Å². The highest BCUT2D eigenvalue weighted by Crippen LogP contribution is 2.26. The van der Waals surface area contributed by atoms with Crippen molar-refractivity contribution in [1.82, 2.24) is 9.78 Å². The van der Waals surface area contributed by atoms with E-state index < -0.39 is 5.97 Å². The van der Waals surface area contributed by atoms with Gasteiger partial charge in [-0.1, -0.05) is 18.2 Å². The van der Waals surface area contributed by atoms with Crippen LogP contribution in [0.15, 0.2) is 59.3 Å². The predicted molar refractivity (Wildman–Crippen MR) is 97.4 cm³/mol. The third-order valence-corrected chi connectivity index (χ3v) is 4.48. The molecule has 0 saturated heterocycles. The second-order valence-electron chi connectivity index (χ2n) is 6.32. The standard InChI is InChI=1S/C20H19N3O4/c24-19(23-12-3-6-15-5-1-2-7-17(15)23)14-26-20(25)18-9-8-16(27-18)13-22-11-4-10-21-22/h1-2,4-5,7-11H,3,6,12-14H2. The Morgan fingerprint density at radius 1 is 1.15 bits per heavy atom. The van der Waals surface area contributed by atoms with Gasteiger partial charge in [0.2, 0.25) is 5.76 Å². The van der Waals surface area contributed by atoms with Gasteiger partial charge in [0.25, 0.3) is 5.91 Å². The van der Waals surface area contributed by atoms with E-state index in [-0.39, 0.29) is 18.3 Å². The number of aromatic nitrogens is 2. The number of benzene rings is 1. The van der Waals surface area contributed by atoms with Crippen molar-refractivity contribution in [3.8, 4) is 0 Å². The Labute approximate surface area is 156 Å². The van der Waals surface area contributed by atoms with Crippen LogP contribution < -0.4 is 4.90 Å². The molecule has 0 fully saturated rings. The fraction of sp³-hybridized carbons (Fsp3) is 0.250. The van der Waals surface area contributed by atoms with E-state index in [0.29, 0.717) is 18.8 Å². The molecule has 0 radical (unpaired) electrons. The predicted octanol–water partition coefficient (Wildman–Crippen LogP) is 2.66. The highest BCUT2D eigenvalue weighted by molar-refractivity contribution is 5.97. The molecule has 1 aliphatic rings. The number of hydrogen-bond acceptors (Lipinski definition) is 5. The van der Waals surface area contributed by atoms with Gasteiger partial charge in [-0.05, 0) is 42.7 Å². The number of nitrogens with zero attached hydrogens (tertiary/aromatic N) is 3. The summed E-state index contributed by atoms with van der Waals surface area (Å²) in [4.78, 5) is 26.4. The van der Waals surface area contributed by atoms with Crippen LogP contribution in [0.25, 0.3) is 0 Å². The van der Waals surface area contributed by atoms with Gasteiger partial charge in [0.05, 0.1) is 6.54 Å². The van der Waals surface area contributed by atoms with E-state index in [0.717, 1.165) is 24.1 Å². The maximum Gasteiger partial charge on any atom is 0.374 e. The van der Waals surface area contributed by atoms with Crippen LogP contribution in [0.5, 0.6) is 0 Å². The number of para-hydroxylation sites is 1. The first-order valence-electron chi connectivity index (χ1n) is 8.82. The summed E-state index contributed by atoms with van der Waals surface area (Å²) in [6.45, 7) is 0.730. The SMILES string of the molecule is O=C(OCC(=O)N1CCCc2ccccc21)c1ccc(Cn2cccn2)o1. The van der Waals surface area contributed by atoms with Gasteiger partial charge in [-0.3, -0.25) is 9.48 Å². The molecule has 3 aromatic rings. The lowest BCUT2D eigenvalue weighted by Crippen LogP contribution is -2.38. The quantitative estimate of drug-likeness (QED) is 0.650. The molecule has 27 heavy (non-hydrogen) atoms. The Bertz CT molecular complexity index is 946. The molecule has 0 spiro atoms. The third-order valence-electron chi connectivity index (χ3n) is 4.48. The molecule has 0 bridgehead atoms. The maximum atomic E-state index is 12.5. The van der Waals surface area contributed by atoms with Crippen LogP contribution in [0.3, 0.4) is 0 Å². The van der Waals surface area contributed by atoms with Gasteiger partial charge >= 0.3 is 5.97 Å². The van der Waals surface area contributed by atoms with Crippen LogP contribution in [0.1, 0.15) is 28.3 Å². The summed E-state index contributed by atoms with van der Waals surface area (Å²) >= 11 is 0. The second kappa shape index (κ2) is 7.49. The van der Waals surface area contributed by atoms with Crippen molar-refractivity contribution in [2.45, 2.75) is 19.4 Å². The van der Waals surface area contributed by atoms with Gasteiger partial charge in [0.1, 0.15) is 5.76 Å².